The second-order valence-corrected chi connectivity index (χ2v) is 7.07. The van der Waals surface area contributed by atoms with Crippen LogP contribution in [0.1, 0.15) is 32.1 Å². The second kappa shape index (κ2) is 4.71. The highest BCUT2D eigenvalue weighted by Crippen LogP contribution is 2.42. The molecular formula is C18H17ClN4. The van der Waals surface area contributed by atoms with Crippen LogP contribution in [0, 0.1) is 0 Å². The third kappa shape index (κ3) is 2.12. The van der Waals surface area contributed by atoms with Gasteiger partial charge < -0.3 is 10.6 Å². The molecule has 0 bridgehead atoms. The molecule has 0 unspecified atom stereocenters. The first-order chi connectivity index (χ1) is 11.2. The molecule has 5 heteroatoms. The Kier molecular flexibility index (Phi) is 2.74. The molecule has 0 saturated heterocycles. The van der Waals surface area contributed by atoms with E-state index in [0.29, 0.717) is 5.02 Å². The molecule has 2 aromatic carbocycles. The third-order valence-electron chi connectivity index (χ3n) is 4.99. The summed E-state index contributed by atoms with van der Waals surface area (Å²) in [7, 11) is 0. The van der Waals surface area contributed by atoms with Gasteiger partial charge in [0, 0.05) is 5.02 Å². The Morgan fingerprint density at radius 3 is 2.09 bits per heavy atom. The molecular weight excluding hydrogens is 308 g/mol. The lowest BCUT2D eigenvalue weighted by Gasteiger charge is -2.34. The molecule has 1 spiro atoms. The highest BCUT2D eigenvalue weighted by atomic mass is 35.5. The molecule has 3 aromatic rings. The lowest BCUT2D eigenvalue weighted by molar-refractivity contribution is 0.367. The zero-order valence-corrected chi connectivity index (χ0v) is 13.5. The molecule has 1 aromatic heterocycles. The summed E-state index contributed by atoms with van der Waals surface area (Å²) < 4.78 is 0. The Labute approximate surface area is 139 Å². The molecule has 1 saturated carbocycles. The average molecular weight is 325 g/mol. The number of fused-ring (bicyclic) bond motifs is 3. The van der Waals surface area contributed by atoms with Gasteiger partial charge in [0.25, 0.3) is 0 Å². The van der Waals surface area contributed by atoms with E-state index in [4.69, 9.17) is 21.6 Å². The van der Waals surface area contributed by atoms with Crippen molar-refractivity contribution in [2.24, 2.45) is 0 Å². The lowest BCUT2D eigenvalue weighted by atomic mass is 9.89. The smallest absolute Gasteiger partial charge is 0.108 e. The van der Waals surface area contributed by atoms with Gasteiger partial charge in [0.05, 0.1) is 33.4 Å². The molecule has 2 aliphatic rings. The van der Waals surface area contributed by atoms with Crippen molar-refractivity contribution < 1.29 is 0 Å². The highest BCUT2D eigenvalue weighted by molar-refractivity contribution is 6.31. The molecule has 116 valence electrons. The molecule has 2 N–H and O–H groups in total. The number of nitrogens with one attached hydrogen (secondary N) is 2. The van der Waals surface area contributed by atoms with Gasteiger partial charge in [-0.15, -0.1) is 0 Å². The summed E-state index contributed by atoms with van der Waals surface area (Å²) in [5.41, 5.74) is 5.84. The molecule has 1 aliphatic heterocycles. The number of nitrogens with zero attached hydrogens (tertiary/aromatic N) is 2. The average Bonchev–Trinajstić information content (AvgIpc) is 2.87. The fraction of sp³-hybridized carbons (Fsp3) is 0.333. The van der Waals surface area contributed by atoms with Crippen LogP contribution in [0.15, 0.2) is 30.3 Å². The first-order valence-corrected chi connectivity index (χ1v) is 8.56. The van der Waals surface area contributed by atoms with Crippen molar-refractivity contribution in [2.45, 2.75) is 37.8 Å². The van der Waals surface area contributed by atoms with Crippen molar-refractivity contribution in [3.63, 3.8) is 0 Å². The zero-order valence-electron chi connectivity index (χ0n) is 12.7. The fourth-order valence-corrected chi connectivity index (χ4v) is 4.02. The van der Waals surface area contributed by atoms with E-state index in [0.717, 1.165) is 46.3 Å². The van der Waals surface area contributed by atoms with E-state index in [1.807, 2.05) is 18.2 Å². The van der Waals surface area contributed by atoms with Gasteiger partial charge in [-0.25, -0.2) is 9.97 Å². The van der Waals surface area contributed by atoms with Gasteiger partial charge in [-0.2, -0.15) is 0 Å². The van der Waals surface area contributed by atoms with Gasteiger partial charge in [-0.1, -0.05) is 18.0 Å². The summed E-state index contributed by atoms with van der Waals surface area (Å²) in [4.78, 5) is 9.48. The number of hydrogen-bond donors (Lipinski definition) is 2. The summed E-state index contributed by atoms with van der Waals surface area (Å²) in [6.45, 7) is 0. The van der Waals surface area contributed by atoms with E-state index in [-0.39, 0.29) is 5.66 Å². The SMILES string of the molecule is Clc1ccc2nc3cc4c(cc3nc2c1)NC1(CCCCC1)N4. The van der Waals surface area contributed by atoms with Crippen LogP contribution in [-0.4, -0.2) is 15.6 Å². The maximum absolute atomic E-state index is 6.07. The number of rotatable bonds is 0. The van der Waals surface area contributed by atoms with Crippen molar-refractivity contribution in [1.82, 2.24) is 9.97 Å². The molecule has 2 heterocycles. The van der Waals surface area contributed by atoms with E-state index in [1.54, 1.807) is 0 Å². The monoisotopic (exact) mass is 324 g/mol. The number of hydrogen-bond acceptors (Lipinski definition) is 4. The van der Waals surface area contributed by atoms with Gasteiger partial charge in [-0.05, 0) is 56.0 Å². The number of anilines is 2. The summed E-state index contributed by atoms with van der Waals surface area (Å²) in [5, 5.41) is 8.08. The van der Waals surface area contributed by atoms with E-state index in [9.17, 15) is 0 Å². The van der Waals surface area contributed by atoms with E-state index in [2.05, 4.69) is 22.8 Å². The Hall–Kier alpha value is -2.07. The van der Waals surface area contributed by atoms with Crippen molar-refractivity contribution in [1.29, 1.82) is 0 Å². The molecule has 0 amide bonds. The van der Waals surface area contributed by atoms with Crippen LogP contribution >= 0.6 is 11.6 Å². The Bertz CT molecular complexity index is 931. The van der Waals surface area contributed by atoms with E-state index in [1.165, 1.54) is 19.3 Å². The van der Waals surface area contributed by atoms with Crippen LogP contribution < -0.4 is 10.6 Å². The predicted octanol–water partition coefficient (Wildman–Crippen LogP) is 4.93. The molecule has 1 fully saturated rings. The van der Waals surface area contributed by atoms with Crippen molar-refractivity contribution in [2.75, 3.05) is 10.6 Å². The molecule has 4 nitrogen and oxygen atoms in total. The lowest BCUT2D eigenvalue weighted by Crippen LogP contribution is -2.43. The molecule has 23 heavy (non-hydrogen) atoms. The van der Waals surface area contributed by atoms with E-state index < -0.39 is 0 Å². The summed E-state index contributed by atoms with van der Waals surface area (Å²) in [6.07, 6.45) is 6.20. The normalized spacial score (nSPS) is 18.8. The van der Waals surface area contributed by atoms with Gasteiger partial charge in [-0.3, -0.25) is 0 Å². The maximum Gasteiger partial charge on any atom is 0.108 e. The summed E-state index contributed by atoms with van der Waals surface area (Å²) in [6, 6.07) is 9.86. The summed E-state index contributed by atoms with van der Waals surface area (Å²) >= 11 is 6.07. The van der Waals surface area contributed by atoms with Crippen LogP contribution in [0.25, 0.3) is 22.1 Å². The Morgan fingerprint density at radius 2 is 1.39 bits per heavy atom. The Morgan fingerprint density at radius 1 is 0.783 bits per heavy atom. The minimum absolute atomic E-state index is 0.0285. The van der Waals surface area contributed by atoms with Gasteiger partial charge in [0.1, 0.15) is 5.66 Å². The quantitative estimate of drug-likeness (QED) is 0.575. The maximum atomic E-state index is 6.07. The highest BCUT2D eigenvalue weighted by Gasteiger charge is 2.37. The van der Waals surface area contributed by atoms with Gasteiger partial charge in [0.2, 0.25) is 0 Å². The van der Waals surface area contributed by atoms with Crippen LogP contribution in [0.3, 0.4) is 0 Å². The Balaban J connectivity index is 1.65. The first-order valence-electron chi connectivity index (χ1n) is 8.18. The zero-order chi connectivity index (χ0) is 15.4. The van der Waals surface area contributed by atoms with Crippen LogP contribution in [0.2, 0.25) is 5.02 Å². The predicted molar refractivity (Wildman–Crippen MR) is 95.1 cm³/mol. The van der Waals surface area contributed by atoms with E-state index >= 15 is 0 Å². The van der Waals surface area contributed by atoms with Gasteiger partial charge >= 0.3 is 0 Å². The molecule has 0 radical (unpaired) electrons. The van der Waals surface area contributed by atoms with Crippen molar-refractivity contribution >= 4 is 45.0 Å². The third-order valence-corrected chi connectivity index (χ3v) is 5.22. The minimum atomic E-state index is 0.0285. The molecule has 5 rings (SSSR count). The van der Waals surface area contributed by atoms with Crippen molar-refractivity contribution in [3.8, 4) is 0 Å². The first kappa shape index (κ1) is 13.4. The molecule has 1 aliphatic carbocycles. The largest absolute Gasteiger partial charge is 0.361 e. The number of halogens is 1. The second-order valence-electron chi connectivity index (χ2n) is 6.64. The standard InChI is InChI=1S/C18H17ClN4/c19-11-4-5-12-13(8-11)21-15-10-17-16(9-14(15)20-12)22-18(23-17)6-2-1-3-7-18/h4-5,8-10,22-23H,1-3,6-7H2. The van der Waals surface area contributed by atoms with Crippen LogP contribution in [0.5, 0.6) is 0 Å². The topological polar surface area (TPSA) is 49.8 Å². The number of benzene rings is 2. The fourth-order valence-electron chi connectivity index (χ4n) is 3.86. The molecule has 0 atom stereocenters. The van der Waals surface area contributed by atoms with Gasteiger partial charge in [0.15, 0.2) is 0 Å². The van der Waals surface area contributed by atoms with Crippen LogP contribution in [-0.2, 0) is 0 Å². The minimum Gasteiger partial charge on any atom is -0.361 e. The van der Waals surface area contributed by atoms with Crippen LogP contribution in [0.4, 0.5) is 11.4 Å². The van der Waals surface area contributed by atoms with Crippen molar-refractivity contribution in [3.05, 3.63) is 35.4 Å². The number of aromatic nitrogens is 2. The summed E-state index contributed by atoms with van der Waals surface area (Å²) in [5.74, 6) is 0.